The minimum absolute atomic E-state index is 0.253. The molecule has 1 aliphatic heterocycles. The molecule has 5 rings (SSSR count). The number of anilines is 1. The Bertz CT molecular complexity index is 1100. The largest absolute Gasteiger partial charge is 0.416 e. The van der Waals surface area contributed by atoms with E-state index >= 15 is 0 Å². The molecule has 2 heterocycles. The molecule has 2 fully saturated rings. The van der Waals surface area contributed by atoms with Crippen molar-refractivity contribution in [3.63, 3.8) is 0 Å². The number of piperazine rings is 1. The Kier molecular flexibility index (Phi) is 5.11. The second-order valence-electron chi connectivity index (χ2n) is 8.13. The smallest absolute Gasteiger partial charge is 0.368 e. The standard InChI is InChI=1S/C23H21F3N4O2/c24-23(25,26)18-7-3-17(4-8-18)22(31)30-13-11-29(12-14-30)19-9-5-15(6-10-19)20-27-21(32-28-20)16-1-2-16/h3-10,16H,1-2,11-14H2. The number of amides is 1. The van der Waals surface area contributed by atoms with Gasteiger partial charge in [0.15, 0.2) is 0 Å². The summed E-state index contributed by atoms with van der Waals surface area (Å²) in [5, 5.41) is 4.06. The number of hydrogen-bond donors (Lipinski definition) is 0. The molecule has 2 aliphatic rings. The zero-order valence-corrected chi connectivity index (χ0v) is 17.2. The van der Waals surface area contributed by atoms with E-state index in [1.807, 2.05) is 24.3 Å². The Morgan fingerprint density at radius 2 is 1.59 bits per heavy atom. The average Bonchev–Trinajstić information content (AvgIpc) is 3.55. The van der Waals surface area contributed by atoms with Crippen molar-refractivity contribution < 1.29 is 22.5 Å². The molecule has 166 valence electrons. The predicted octanol–water partition coefficient (Wildman–Crippen LogP) is 4.60. The third-order valence-corrected chi connectivity index (χ3v) is 5.89. The molecular weight excluding hydrogens is 421 g/mol. The summed E-state index contributed by atoms with van der Waals surface area (Å²) in [6.45, 7) is 2.27. The summed E-state index contributed by atoms with van der Waals surface area (Å²) in [6, 6.07) is 12.3. The molecule has 1 aliphatic carbocycles. The molecule has 0 N–H and O–H groups in total. The molecule has 2 aromatic carbocycles. The van der Waals surface area contributed by atoms with Crippen LogP contribution in [-0.4, -0.2) is 47.1 Å². The molecule has 0 spiro atoms. The van der Waals surface area contributed by atoms with Gasteiger partial charge < -0.3 is 14.3 Å². The van der Waals surface area contributed by atoms with Gasteiger partial charge in [-0.1, -0.05) is 5.16 Å². The Hall–Kier alpha value is -3.36. The monoisotopic (exact) mass is 442 g/mol. The lowest BCUT2D eigenvalue weighted by atomic mass is 10.1. The van der Waals surface area contributed by atoms with E-state index in [-0.39, 0.29) is 11.5 Å². The normalized spacial score (nSPS) is 17.0. The number of carbonyl (C=O) groups excluding carboxylic acids is 1. The Morgan fingerprint density at radius 1 is 0.938 bits per heavy atom. The topological polar surface area (TPSA) is 62.5 Å². The highest BCUT2D eigenvalue weighted by Gasteiger charge is 2.31. The predicted molar refractivity (Wildman–Crippen MR) is 111 cm³/mol. The molecule has 1 aromatic heterocycles. The highest BCUT2D eigenvalue weighted by molar-refractivity contribution is 5.94. The number of rotatable bonds is 4. The van der Waals surface area contributed by atoms with E-state index in [9.17, 15) is 18.0 Å². The number of alkyl halides is 3. The van der Waals surface area contributed by atoms with E-state index in [0.29, 0.717) is 43.8 Å². The van der Waals surface area contributed by atoms with Gasteiger partial charge in [0.25, 0.3) is 5.91 Å². The fraction of sp³-hybridized carbons (Fsp3) is 0.348. The Labute approximate surface area is 182 Å². The summed E-state index contributed by atoms with van der Waals surface area (Å²) in [5.41, 5.74) is 1.43. The van der Waals surface area contributed by atoms with Crippen LogP contribution in [0.2, 0.25) is 0 Å². The highest BCUT2D eigenvalue weighted by Crippen LogP contribution is 2.39. The van der Waals surface area contributed by atoms with Gasteiger partial charge >= 0.3 is 6.18 Å². The number of halogens is 3. The maximum atomic E-state index is 12.7. The van der Waals surface area contributed by atoms with Crippen molar-refractivity contribution in [2.75, 3.05) is 31.1 Å². The quantitative estimate of drug-likeness (QED) is 0.591. The Morgan fingerprint density at radius 3 is 2.19 bits per heavy atom. The molecular formula is C23H21F3N4O2. The fourth-order valence-electron chi connectivity index (χ4n) is 3.82. The van der Waals surface area contributed by atoms with Gasteiger partial charge in [-0.25, -0.2) is 0 Å². The summed E-state index contributed by atoms with van der Waals surface area (Å²) < 4.78 is 43.5. The maximum Gasteiger partial charge on any atom is 0.416 e. The van der Waals surface area contributed by atoms with Crippen LogP contribution in [0.1, 0.15) is 40.6 Å². The third-order valence-electron chi connectivity index (χ3n) is 5.89. The second kappa shape index (κ2) is 7.96. The van der Waals surface area contributed by atoms with Crippen LogP contribution in [-0.2, 0) is 6.18 Å². The van der Waals surface area contributed by atoms with Crippen LogP contribution in [0.15, 0.2) is 53.1 Å². The summed E-state index contributed by atoms with van der Waals surface area (Å²) in [5.74, 6) is 1.46. The van der Waals surface area contributed by atoms with Crippen molar-refractivity contribution >= 4 is 11.6 Å². The van der Waals surface area contributed by atoms with Gasteiger partial charge in [0.2, 0.25) is 11.7 Å². The molecule has 1 saturated carbocycles. The number of carbonyl (C=O) groups is 1. The maximum absolute atomic E-state index is 12.7. The SMILES string of the molecule is O=C(c1ccc(C(F)(F)F)cc1)N1CCN(c2ccc(-c3noc(C4CC4)n3)cc2)CC1. The van der Waals surface area contributed by atoms with E-state index in [0.717, 1.165) is 36.2 Å². The van der Waals surface area contributed by atoms with Gasteiger partial charge in [0, 0.05) is 48.9 Å². The second-order valence-corrected chi connectivity index (χ2v) is 8.13. The minimum atomic E-state index is -4.41. The van der Waals surface area contributed by atoms with Gasteiger partial charge in [0.1, 0.15) is 0 Å². The molecule has 0 radical (unpaired) electrons. The first-order valence-electron chi connectivity index (χ1n) is 10.5. The van der Waals surface area contributed by atoms with Gasteiger partial charge in [0.05, 0.1) is 5.56 Å². The van der Waals surface area contributed by atoms with Crippen LogP contribution in [0.5, 0.6) is 0 Å². The summed E-state index contributed by atoms with van der Waals surface area (Å²) in [7, 11) is 0. The van der Waals surface area contributed by atoms with Crippen molar-refractivity contribution in [1.29, 1.82) is 0 Å². The molecule has 0 atom stereocenters. The van der Waals surface area contributed by atoms with Crippen LogP contribution in [0.3, 0.4) is 0 Å². The van der Waals surface area contributed by atoms with Crippen molar-refractivity contribution in [2.45, 2.75) is 24.9 Å². The summed E-state index contributed by atoms with van der Waals surface area (Å²) in [6.07, 6.45) is -2.20. The zero-order chi connectivity index (χ0) is 22.3. The number of hydrogen-bond acceptors (Lipinski definition) is 5. The minimum Gasteiger partial charge on any atom is -0.368 e. The van der Waals surface area contributed by atoms with E-state index in [4.69, 9.17) is 4.52 Å². The zero-order valence-electron chi connectivity index (χ0n) is 17.2. The van der Waals surface area contributed by atoms with Crippen molar-refractivity contribution in [3.8, 4) is 11.4 Å². The number of benzene rings is 2. The van der Waals surface area contributed by atoms with E-state index in [1.54, 1.807) is 4.90 Å². The first-order valence-corrected chi connectivity index (χ1v) is 10.5. The molecule has 0 unspecified atom stereocenters. The highest BCUT2D eigenvalue weighted by atomic mass is 19.4. The van der Waals surface area contributed by atoms with Gasteiger partial charge in [-0.2, -0.15) is 18.2 Å². The van der Waals surface area contributed by atoms with Gasteiger partial charge in [-0.05, 0) is 61.4 Å². The van der Waals surface area contributed by atoms with Gasteiger partial charge in [-0.15, -0.1) is 0 Å². The molecule has 1 amide bonds. The van der Waals surface area contributed by atoms with Gasteiger partial charge in [-0.3, -0.25) is 4.79 Å². The van der Waals surface area contributed by atoms with Crippen molar-refractivity contribution in [1.82, 2.24) is 15.0 Å². The lowest BCUT2D eigenvalue weighted by Gasteiger charge is -2.36. The molecule has 0 bridgehead atoms. The van der Waals surface area contributed by atoms with E-state index in [2.05, 4.69) is 15.0 Å². The molecule has 6 nitrogen and oxygen atoms in total. The molecule has 3 aromatic rings. The van der Waals surface area contributed by atoms with Crippen molar-refractivity contribution in [2.24, 2.45) is 0 Å². The average molecular weight is 442 g/mol. The lowest BCUT2D eigenvalue weighted by molar-refractivity contribution is -0.137. The van der Waals surface area contributed by atoms with Crippen LogP contribution in [0.25, 0.3) is 11.4 Å². The number of aromatic nitrogens is 2. The third kappa shape index (κ3) is 4.19. The summed E-state index contributed by atoms with van der Waals surface area (Å²) >= 11 is 0. The molecule has 32 heavy (non-hydrogen) atoms. The fourth-order valence-corrected chi connectivity index (χ4v) is 3.82. The Balaban J connectivity index is 1.19. The van der Waals surface area contributed by atoms with Crippen LogP contribution < -0.4 is 4.90 Å². The van der Waals surface area contributed by atoms with Crippen molar-refractivity contribution in [3.05, 3.63) is 65.5 Å². The molecule has 1 saturated heterocycles. The first-order chi connectivity index (χ1) is 15.4. The lowest BCUT2D eigenvalue weighted by Crippen LogP contribution is -2.48. The number of nitrogens with zero attached hydrogens (tertiary/aromatic N) is 4. The van der Waals surface area contributed by atoms with Crippen LogP contribution in [0.4, 0.5) is 18.9 Å². The first kappa shape index (κ1) is 20.5. The van der Waals surface area contributed by atoms with Crippen LogP contribution in [0, 0.1) is 0 Å². The summed E-state index contributed by atoms with van der Waals surface area (Å²) in [4.78, 5) is 21.0. The molecule has 9 heteroatoms. The van der Waals surface area contributed by atoms with E-state index in [1.165, 1.54) is 12.1 Å². The van der Waals surface area contributed by atoms with Crippen LogP contribution >= 0.6 is 0 Å². The van der Waals surface area contributed by atoms with E-state index < -0.39 is 11.7 Å².